The number of nitrogens with one attached hydrogen (secondary N) is 1. The van der Waals surface area contributed by atoms with Crippen LogP contribution in [-0.2, 0) is 0 Å². The van der Waals surface area contributed by atoms with Gasteiger partial charge < -0.3 is 10.2 Å². The van der Waals surface area contributed by atoms with Crippen LogP contribution in [0.2, 0.25) is 5.02 Å². The van der Waals surface area contributed by atoms with Crippen molar-refractivity contribution in [3.05, 3.63) is 23.5 Å². The van der Waals surface area contributed by atoms with Crippen molar-refractivity contribution in [1.29, 1.82) is 0 Å². The van der Waals surface area contributed by atoms with Gasteiger partial charge in [-0.15, -0.1) is 0 Å². The largest absolute Gasteiger partial charge is 0.383 e. The van der Waals surface area contributed by atoms with Crippen LogP contribution in [0.4, 0.5) is 5.69 Å². The Balaban J connectivity index is 2.54. The molecule has 0 bridgehead atoms. The van der Waals surface area contributed by atoms with Crippen molar-refractivity contribution in [2.75, 3.05) is 32.5 Å². The van der Waals surface area contributed by atoms with Crippen LogP contribution in [0.5, 0.6) is 0 Å². The summed E-state index contributed by atoms with van der Waals surface area (Å²) in [6.07, 6.45) is 3.40. The van der Waals surface area contributed by atoms with Gasteiger partial charge in [-0.05, 0) is 25.6 Å². The minimum Gasteiger partial charge on any atom is -0.383 e. The summed E-state index contributed by atoms with van der Waals surface area (Å²) in [7, 11) is 4.17. The summed E-state index contributed by atoms with van der Waals surface area (Å²) in [6, 6.07) is 1.90. The van der Waals surface area contributed by atoms with E-state index >= 15 is 0 Å². The third kappa shape index (κ3) is 4.37. The molecule has 0 spiro atoms. The molecular weight excluding hydrogens is 222 g/mol. The third-order valence-corrected chi connectivity index (χ3v) is 2.58. The lowest BCUT2D eigenvalue weighted by Crippen LogP contribution is -2.34. The molecule has 0 saturated carbocycles. The molecule has 1 aromatic rings. The third-order valence-electron chi connectivity index (χ3n) is 2.27. The highest BCUT2D eigenvalue weighted by atomic mass is 35.5. The van der Waals surface area contributed by atoms with E-state index in [1.54, 1.807) is 12.4 Å². The number of halogens is 1. The normalized spacial score (nSPS) is 11.9. The Kier molecular flexibility index (Phi) is 4.56. The van der Waals surface area contributed by atoms with Crippen LogP contribution in [0.15, 0.2) is 18.5 Å². The predicted molar refractivity (Wildman–Crippen MR) is 70.1 cm³/mol. The number of hydrogen-bond acceptors (Lipinski definition) is 3. The molecule has 0 aliphatic carbocycles. The first-order valence-corrected chi connectivity index (χ1v) is 5.77. The number of rotatable bonds is 5. The highest BCUT2D eigenvalue weighted by molar-refractivity contribution is 6.33. The maximum Gasteiger partial charge on any atom is 0.0820 e. The van der Waals surface area contributed by atoms with E-state index in [2.05, 4.69) is 43.1 Å². The monoisotopic (exact) mass is 241 g/mol. The molecule has 1 N–H and O–H groups in total. The summed E-state index contributed by atoms with van der Waals surface area (Å²) in [4.78, 5) is 6.15. The molecule has 90 valence electrons. The molecule has 0 saturated heterocycles. The first-order chi connectivity index (χ1) is 7.41. The maximum absolute atomic E-state index is 6.02. The van der Waals surface area contributed by atoms with Gasteiger partial charge in [0.1, 0.15) is 0 Å². The fraction of sp³-hybridized carbons (Fsp3) is 0.583. The van der Waals surface area contributed by atoms with E-state index < -0.39 is 0 Å². The highest BCUT2D eigenvalue weighted by Gasteiger charge is 2.18. The molecule has 0 amide bonds. The first kappa shape index (κ1) is 13.3. The number of aromatic nitrogens is 1. The van der Waals surface area contributed by atoms with E-state index in [1.165, 1.54) is 0 Å². The van der Waals surface area contributed by atoms with Crippen molar-refractivity contribution in [2.24, 2.45) is 5.41 Å². The molecule has 0 fully saturated rings. The molecule has 0 aromatic carbocycles. The van der Waals surface area contributed by atoms with Gasteiger partial charge in [-0.2, -0.15) is 0 Å². The number of pyridine rings is 1. The second kappa shape index (κ2) is 5.51. The SMILES string of the molecule is CN(C)CC(C)(C)CNc1ccncc1Cl. The molecular formula is C12H20ClN3. The molecule has 4 heteroatoms. The predicted octanol–water partition coefficient (Wildman–Crippen LogP) is 2.73. The van der Waals surface area contributed by atoms with Crippen LogP contribution < -0.4 is 5.32 Å². The quantitative estimate of drug-likeness (QED) is 0.859. The van der Waals surface area contributed by atoms with E-state index in [9.17, 15) is 0 Å². The van der Waals surface area contributed by atoms with E-state index in [-0.39, 0.29) is 5.41 Å². The average Bonchev–Trinajstić information content (AvgIpc) is 2.14. The topological polar surface area (TPSA) is 28.2 Å². The Bertz CT molecular complexity index is 337. The van der Waals surface area contributed by atoms with Crippen LogP contribution in [-0.4, -0.2) is 37.1 Å². The second-order valence-corrected chi connectivity index (χ2v) is 5.52. The van der Waals surface area contributed by atoms with Crippen molar-refractivity contribution in [2.45, 2.75) is 13.8 Å². The van der Waals surface area contributed by atoms with Crippen molar-refractivity contribution >= 4 is 17.3 Å². The fourth-order valence-corrected chi connectivity index (χ4v) is 1.95. The molecule has 1 rings (SSSR count). The molecule has 0 aliphatic rings. The summed E-state index contributed by atoms with van der Waals surface area (Å²) < 4.78 is 0. The Morgan fingerprint density at radius 1 is 1.44 bits per heavy atom. The standard InChI is InChI=1S/C12H20ClN3/c1-12(2,9-16(3)4)8-15-11-5-6-14-7-10(11)13/h5-7H,8-9H2,1-4H3,(H,14,15). The van der Waals surface area contributed by atoms with Crippen molar-refractivity contribution in [1.82, 2.24) is 9.88 Å². The van der Waals surface area contributed by atoms with Crippen molar-refractivity contribution in [3.8, 4) is 0 Å². The maximum atomic E-state index is 6.02. The van der Waals surface area contributed by atoms with Crippen LogP contribution in [0.25, 0.3) is 0 Å². The summed E-state index contributed by atoms with van der Waals surface area (Å²) in [6.45, 7) is 6.38. The molecule has 1 heterocycles. The number of nitrogens with zero attached hydrogens (tertiary/aromatic N) is 2. The van der Waals surface area contributed by atoms with Gasteiger partial charge in [0.2, 0.25) is 0 Å². The zero-order valence-electron chi connectivity index (χ0n) is 10.4. The number of hydrogen-bond donors (Lipinski definition) is 1. The summed E-state index contributed by atoms with van der Waals surface area (Å²) in [5.74, 6) is 0. The molecule has 0 atom stereocenters. The molecule has 0 unspecified atom stereocenters. The van der Waals surface area contributed by atoms with Gasteiger partial charge in [0, 0.05) is 25.5 Å². The lowest BCUT2D eigenvalue weighted by atomic mass is 9.93. The van der Waals surface area contributed by atoms with E-state index in [1.807, 2.05) is 6.07 Å². The first-order valence-electron chi connectivity index (χ1n) is 5.39. The highest BCUT2D eigenvalue weighted by Crippen LogP contribution is 2.22. The smallest absolute Gasteiger partial charge is 0.0820 e. The van der Waals surface area contributed by atoms with Crippen LogP contribution in [0.1, 0.15) is 13.8 Å². The van der Waals surface area contributed by atoms with Gasteiger partial charge in [-0.1, -0.05) is 25.4 Å². The van der Waals surface area contributed by atoms with Gasteiger partial charge in [-0.25, -0.2) is 0 Å². The second-order valence-electron chi connectivity index (χ2n) is 5.11. The van der Waals surface area contributed by atoms with E-state index in [4.69, 9.17) is 11.6 Å². The van der Waals surface area contributed by atoms with Gasteiger partial charge in [-0.3, -0.25) is 4.98 Å². The zero-order valence-corrected chi connectivity index (χ0v) is 11.2. The average molecular weight is 242 g/mol. The zero-order chi connectivity index (χ0) is 12.2. The molecule has 16 heavy (non-hydrogen) atoms. The van der Waals surface area contributed by atoms with Gasteiger partial charge in [0.05, 0.1) is 10.7 Å². The van der Waals surface area contributed by atoms with Crippen LogP contribution in [0, 0.1) is 5.41 Å². The Morgan fingerprint density at radius 2 is 2.12 bits per heavy atom. The van der Waals surface area contributed by atoms with Gasteiger partial charge in [0.15, 0.2) is 0 Å². The lowest BCUT2D eigenvalue weighted by molar-refractivity contribution is 0.254. The lowest BCUT2D eigenvalue weighted by Gasteiger charge is -2.29. The number of anilines is 1. The Hall–Kier alpha value is -0.800. The van der Waals surface area contributed by atoms with Gasteiger partial charge in [0.25, 0.3) is 0 Å². The van der Waals surface area contributed by atoms with E-state index in [0.717, 1.165) is 18.8 Å². The molecule has 3 nitrogen and oxygen atoms in total. The van der Waals surface area contributed by atoms with Crippen LogP contribution >= 0.6 is 11.6 Å². The minimum atomic E-state index is 0.204. The summed E-state index contributed by atoms with van der Waals surface area (Å²) in [5, 5.41) is 4.03. The minimum absolute atomic E-state index is 0.204. The molecule has 0 radical (unpaired) electrons. The van der Waals surface area contributed by atoms with Crippen molar-refractivity contribution < 1.29 is 0 Å². The summed E-state index contributed by atoms with van der Waals surface area (Å²) >= 11 is 6.02. The fourth-order valence-electron chi connectivity index (χ4n) is 1.77. The van der Waals surface area contributed by atoms with Crippen molar-refractivity contribution in [3.63, 3.8) is 0 Å². The Labute approximate surface area is 103 Å². The van der Waals surface area contributed by atoms with Gasteiger partial charge >= 0.3 is 0 Å². The Morgan fingerprint density at radius 3 is 2.69 bits per heavy atom. The summed E-state index contributed by atoms with van der Waals surface area (Å²) in [5.41, 5.74) is 1.15. The van der Waals surface area contributed by atoms with Crippen LogP contribution in [0.3, 0.4) is 0 Å². The molecule has 0 aliphatic heterocycles. The molecule has 1 aromatic heterocycles. The van der Waals surface area contributed by atoms with E-state index in [0.29, 0.717) is 5.02 Å².